The van der Waals surface area contributed by atoms with Crippen LogP contribution in [-0.2, 0) is 9.47 Å². The van der Waals surface area contributed by atoms with E-state index < -0.39 is 0 Å². The maximum Gasteiger partial charge on any atom is 0.337 e. The van der Waals surface area contributed by atoms with E-state index in [-0.39, 0.29) is 5.97 Å². The molecule has 0 unspecified atom stereocenters. The molecule has 0 heterocycles. The number of methoxy groups -OCH3 is 2. The summed E-state index contributed by atoms with van der Waals surface area (Å²) in [5, 5.41) is 0. The number of rotatable bonds is 5. The van der Waals surface area contributed by atoms with Crippen LogP contribution in [0.2, 0.25) is 0 Å². The summed E-state index contributed by atoms with van der Waals surface area (Å²) in [4.78, 5) is 13.3. The minimum atomic E-state index is -0.386. The molecule has 1 aromatic carbocycles. The van der Waals surface area contributed by atoms with Crippen molar-refractivity contribution in [2.75, 3.05) is 45.1 Å². The summed E-state index contributed by atoms with van der Waals surface area (Å²) in [7, 11) is 4.91. The van der Waals surface area contributed by atoms with E-state index in [1.54, 1.807) is 25.3 Å². The van der Waals surface area contributed by atoms with E-state index in [9.17, 15) is 4.79 Å². The van der Waals surface area contributed by atoms with Crippen LogP contribution in [0.15, 0.2) is 18.2 Å². The second-order valence-electron chi connectivity index (χ2n) is 3.68. The lowest BCUT2D eigenvalue weighted by Crippen LogP contribution is -2.23. The number of hydrogen-bond donors (Lipinski definition) is 1. The molecule has 0 atom stereocenters. The highest BCUT2D eigenvalue weighted by Gasteiger charge is 2.10. The Kier molecular flexibility index (Phi) is 4.78. The van der Waals surface area contributed by atoms with Crippen LogP contribution in [0.4, 0.5) is 11.4 Å². The summed E-state index contributed by atoms with van der Waals surface area (Å²) in [5.41, 5.74) is 7.77. The van der Waals surface area contributed by atoms with Gasteiger partial charge in [0.1, 0.15) is 0 Å². The first-order valence-electron chi connectivity index (χ1n) is 5.28. The van der Waals surface area contributed by atoms with E-state index in [0.717, 1.165) is 12.2 Å². The molecule has 1 rings (SSSR count). The zero-order valence-corrected chi connectivity index (χ0v) is 10.4. The van der Waals surface area contributed by atoms with Crippen molar-refractivity contribution in [3.8, 4) is 0 Å². The number of esters is 1. The summed E-state index contributed by atoms with van der Waals surface area (Å²) in [6.45, 7) is 1.35. The number of nitrogens with two attached hydrogens (primary N) is 1. The van der Waals surface area contributed by atoms with E-state index in [4.69, 9.17) is 10.5 Å². The Labute approximate surface area is 101 Å². The molecular formula is C12H18N2O3. The van der Waals surface area contributed by atoms with Gasteiger partial charge in [0.05, 0.1) is 30.7 Å². The molecule has 0 aliphatic carbocycles. The predicted molar refractivity (Wildman–Crippen MR) is 67.3 cm³/mol. The fourth-order valence-electron chi connectivity index (χ4n) is 1.50. The Bertz CT molecular complexity index is 393. The van der Waals surface area contributed by atoms with Gasteiger partial charge in [-0.3, -0.25) is 0 Å². The molecule has 0 aliphatic rings. The Hall–Kier alpha value is -1.75. The molecule has 0 aromatic heterocycles. The third-order valence-electron chi connectivity index (χ3n) is 2.49. The van der Waals surface area contributed by atoms with Crippen LogP contribution in [0.3, 0.4) is 0 Å². The molecule has 0 fully saturated rings. The van der Waals surface area contributed by atoms with Crippen molar-refractivity contribution in [3.05, 3.63) is 23.8 Å². The molecule has 5 heteroatoms. The predicted octanol–water partition coefficient (Wildman–Crippen LogP) is 1.14. The molecule has 17 heavy (non-hydrogen) atoms. The SMILES string of the molecule is COCCN(C)c1ccc(C(=O)OC)cc1N. The standard InChI is InChI=1S/C12H18N2O3/c1-14(6-7-16-2)11-5-4-9(8-10(11)13)12(15)17-3/h4-5,8H,6-7,13H2,1-3H3. The quantitative estimate of drug-likeness (QED) is 0.615. The Balaban J connectivity index is 2.85. The number of nitrogens with zero attached hydrogens (tertiary/aromatic N) is 1. The molecule has 2 N–H and O–H groups in total. The first kappa shape index (κ1) is 13.3. The van der Waals surface area contributed by atoms with Crippen molar-refractivity contribution in [1.82, 2.24) is 0 Å². The van der Waals surface area contributed by atoms with Gasteiger partial charge in [0.15, 0.2) is 0 Å². The Morgan fingerprint density at radius 2 is 2.12 bits per heavy atom. The first-order chi connectivity index (χ1) is 8.10. The number of nitrogen functional groups attached to an aromatic ring is 1. The summed E-state index contributed by atoms with van der Waals surface area (Å²) in [6.07, 6.45) is 0. The average Bonchev–Trinajstić information content (AvgIpc) is 2.34. The molecule has 0 radical (unpaired) electrons. The highest BCUT2D eigenvalue weighted by molar-refractivity contribution is 5.91. The van der Waals surface area contributed by atoms with E-state index >= 15 is 0 Å². The molecule has 1 aromatic rings. The fourth-order valence-corrected chi connectivity index (χ4v) is 1.50. The third-order valence-corrected chi connectivity index (χ3v) is 2.49. The lowest BCUT2D eigenvalue weighted by Gasteiger charge is -2.20. The highest BCUT2D eigenvalue weighted by atomic mass is 16.5. The Morgan fingerprint density at radius 3 is 2.65 bits per heavy atom. The van der Waals surface area contributed by atoms with E-state index in [0.29, 0.717) is 17.9 Å². The minimum Gasteiger partial charge on any atom is -0.465 e. The smallest absolute Gasteiger partial charge is 0.337 e. The zero-order chi connectivity index (χ0) is 12.8. The van der Waals surface area contributed by atoms with Gasteiger partial charge in [-0.05, 0) is 18.2 Å². The monoisotopic (exact) mass is 238 g/mol. The number of carbonyl (C=O) groups is 1. The maximum atomic E-state index is 11.3. The summed E-state index contributed by atoms with van der Waals surface area (Å²) in [6, 6.07) is 5.11. The van der Waals surface area contributed by atoms with Gasteiger partial charge < -0.3 is 20.1 Å². The van der Waals surface area contributed by atoms with Gasteiger partial charge in [0, 0.05) is 20.7 Å². The van der Waals surface area contributed by atoms with Gasteiger partial charge in [-0.1, -0.05) is 0 Å². The van der Waals surface area contributed by atoms with E-state index in [1.165, 1.54) is 7.11 Å². The van der Waals surface area contributed by atoms with Gasteiger partial charge in [0.25, 0.3) is 0 Å². The van der Waals surface area contributed by atoms with Crippen molar-refractivity contribution in [2.24, 2.45) is 0 Å². The van der Waals surface area contributed by atoms with Crippen LogP contribution in [0.5, 0.6) is 0 Å². The van der Waals surface area contributed by atoms with Crippen molar-refractivity contribution in [2.45, 2.75) is 0 Å². The number of hydrogen-bond acceptors (Lipinski definition) is 5. The van der Waals surface area contributed by atoms with Crippen LogP contribution in [0.25, 0.3) is 0 Å². The van der Waals surface area contributed by atoms with Crippen LogP contribution in [-0.4, -0.2) is 40.4 Å². The number of carbonyl (C=O) groups excluding carboxylic acids is 1. The molecule has 5 nitrogen and oxygen atoms in total. The molecule has 0 bridgehead atoms. The van der Waals surface area contributed by atoms with Crippen molar-refractivity contribution in [3.63, 3.8) is 0 Å². The second kappa shape index (κ2) is 6.10. The maximum absolute atomic E-state index is 11.3. The number of benzene rings is 1. The van der Waals surface area contributed by atoms with Gasteiger partial charge in [-0.2, -0.15) is 0 Å². The van der Waals surface area contributed by atoms with E-state index in [2.05, 4.69) is 4.74 Å². The number of likely N-dealkylation sites (N-methyl/N-ethyl adjacent to an activating group) is 1. The molecule has 0 spiro atoms. The Morgan fingerprint density at radius 1 is 1.41 bits per heavy atom. The van der Waals surface area contributed by atoms with Crippen LogP contribution in [0, 0.1) is 0 Å². The van der Waals surface area contributed by atoms with Crippen LogP contribution in [0.1, 0.15) is 10.4 Å². The molecular weight excluding hydrogens is 220 g/mol. The normalized spacial score (nSPS) is 10.1. The van der Waals surface area contributed by atoms with Crippen molar-refractivity contribution < 1.29 is 14.3 Å². The summed E-state index contributed by atoms with van der Waals surface area (Å²) in [5.74, 6) is -0.386. The lowest BCUT2D eigenvalue weighted by molar-refractivity contribution is 0.0601. The molecule has 0 amide bonds. The average molecular weight is 238 g/mol. The summed E-state index contributed by atoms with van der Waals surface area (Å²) < 4.78 is 9.63. The van der Waals surface area contributed by atoms with Crippen LogP contribution < -0.4 is 10.6 Å². The second-order valence-corrected chi connectivity index (χ2v) is 3.68. The van der Waals surface area contributed by atoms with Gasteiger partial charge in [-0.15, -0.1) is 0 Å². The zero-order valence-electron chi connectivity index (χ0n) is 10.4. The molecule has 0 saturated carbocycles. The largest absolute Gasteiger partial charge is 0.465 e. The fraction of sp³-hybridized carbons (Fsp3) is 0.417. The topological polar surface area (TPSA) is 64.8 Å². The van der Waals surface area contributed by atoms with Gasteiger partial charge >= 0.3 is 5.97 Å². The molecule has 0 saturated heterocycles. The minimum absolute atomic E-state index is 0.386. The van der Waals surface area contributed by atoms with Crippen molar-refractivity contribution >= 4 is 17.3 Å². The first-order valence-corrected chi connectivity index (χ1v) is 5.28. The highest BCUT2D eigenvalue weighted by Crippen LogP contribution is 2.23. The molecule has 94 valence electrons. The van der Waals surface area contributed by atoms with Gasteiger partial charge in [0.2, 0.25) is 0 Å². The van der Waals surface area contributed by atoms with E-state index in [1.807, 2.05) is 11.9 Å². The van der Waals surface area contributed by atoms with Crippen LogP contribution >= 0.6 is 0 Å². The number of ether oxygens (including phenoxy) is 2. The van der Waals surface area contributed by atoms with Gasteiger partial charge in [-0.25, -0.2) is 4.79 Å². The van der Waals surface area contributed by atoms with Crippen molar-refractivity contribution in [1.29, 1.82) is 0 Å². The number of anilines is 2. The lowest BCUT2D eigenvalue weighted by atomic mass is 10.1. The third kappa shape index (κ3) is 3.35. The summed E-state index contributed by atoms with van der Waals surface area (Å²) >= 11 is 0. The molecule has 0 aliphatic heterocycles.